The van der Waals surface area contributed by atoms with Crippen LogP contribution in [0.4, 0.5) is 5.69 Å². The third-order valence-electron chi connectivity index (χ3n) is 3.29. The number of para-hydroxylation sites is 1. The molecular formula is C19H21NO3. The summed E-state index contributed by atoms with van der Waals surface area (Å²) < 4.78 is 5.48. The zero-order chi connectivity index (χ0) is 16.5. The maximum absolute atomic E-state index is 12.1. The lowest BCUT2D eigenvalue weighted by molar-refractivity contribution is -0.116. The number of carbonyl (C=O) groups excluding carboxylic acids is 2. The summed E-state index contributed by atoms with van der Waals surface area (Å²) in [4.78, 5) is 23.9. The quantitative estimate of drug-likeness (QED) is 0.747. The molecule has 4 heteroatoms. The van der Waals surface area contributed by atoms with Gasteiger partial charge in [0.1, 0.15) is 5.75 Å². The Bertz CT molecular complexity index is 635. The summed E-state index contributed by atoms with van der Waals surface area (Å²) in [5, 5.41) is 2.77. The predicted octanol–water partition coefficient (Wildman–Crippen LogP) is 4.08. The number of hydrogen-bond donors (Lipinski definition) is 1. The van der Waals surface area contributed by atoms with Crippen molar-refractivity contribution in [2.75, 3.05) is 11.9 Å². The van der Waals surface area contributed by atoms with E-state index in [9.17, 15) is 9.59 Å². The van der Waals surface area contributed by atoms with Crippen LogP contribution in [0.25, 0.3) is 0 Å². The second-order valence-electron chi connectivity index (χ2n) is 5.21. The standard InChI is InChI=1S/C19H21NO3/c1-2-14-23-17-10-8-15(9-11-17)18(21)12-13-19(22)20-16-6-4-3-5-7-16/h3-11H,2,12-14H2,1H3,(H,20,22). The van der Waals surface area contributed by atoms with Crippen LogP contribution in [0.1, 0.15) is 36.5 Å². The van der Waals surface area contributed by atoms with Crippen LogP contribution in [0.15, 0.2) is 54.6 Å². The number of anilines is 1. The van der Waals surface area contributed by atoms with Gasteiger partial charge < -0.3 is 10.1 Å². The summed E-state index contributed by atoms with van der Waals surface area (Å²) in [6, 6.07) is 16.3. The first kappa shape index (κ1) is 16.7. The van der Waals surface area contributed by atoms with E-state index < -0.39 is 0 Å². The van der Waals surface area contributed by atoms with Crippen LogP contribution >= 0.6 is 0 Å². The Balaban J connectivity index is 1.81. The lowest BCUT2D eigenvalue weighted by Gasteiger charge is -2.06. The topological polar surface area (TPSA) is 55.4 Å². The SMILES string of the molecule is CCCOc1ccc(C(=O)CCC(=O)Nc2ccccc2)cc1. The maximum atomic E-state index is 12.1. The summed E-state index contributed by atoms with van der Waals surface area (Å²) >= 11 is 0. The maximum Gasteiger partial charge on any atom is 0.224 e. The van der Waals surface area contributed by atoms with E-state index in [-0.39, 0.29) is 24.5 Å². The first-order valence-electron chi connectivity index (χ1n) is 7.80. The molecule has 2 aromatic carbocycles. The van der Waals surface area contributed by atoms with Crippen LogP contribution in [0.3, 0.4) is 0 Å². The normalized spacial score (nSPS) is 10.1. The lowest BCUT2D eigenvalue weighted by Crippen LogP contribution is -2.13. The van der Waals surface area contributed by atoms with Gasteiger partial charge in [-0.05, 0) is 42.8 Å². The van der Waals surface area contributed by atoms with Gasteiger partial charge in [-0.3, -0.25) is 9.59 Å². The minimum absolute atomic E-state index is 0.0461. The van der Waals surface area contributed by atoms with E-state index in [1.807, 2.05) is 37.3 Å². The van der Waals surface area contributed by atoms with Gasteiger partial charge in [-0.25, -0.2) is 0 Å². The van der Waals surface area contributed by atoms with Crippen LogP contribution < -0.4 is 10.1 Å². The molecule has 0 aromatic heterocycles. The molecule has 23 heavy (non-hydrogen) atoms. The Kier molecular flexibility index (Phi) is 6.36. The number of rotatable bonds is 8. The van der Waals surface area contributed by atoms with Crippen LogP contribution in [0.5, 0.6) is 5.75 Å². The monoisotopic (exact) mass is 311 g/mol. The van der Waals surface area contributed by atoms with E-state index in [0.29, 0.717) is 12.2 Å². The van der Waals surface area contributed by atoms with E-state index in [1.165, 1.54) is 0 Å². The van der Waals surface area contributed by atoms with Crippen molar-refractivity contribution in [3.8, 4) is 5.75 Å². The number of amides is 1. The minimum Gasteiger partial charge on any atom is -0.494 e. The average molecular weight is 311 g/mol. The van der Waals surface area contributed by atoms with Crippen molar-refractivity contribution in [1.82, 2.24) is 0 Å². The number of hydrogen-bond acceptors (Lipinski definition) is 3. The van der Waals surface area contributed by atoms with Gasteiger partial charge in [0.05, 0.1) is 6.61 Å². The molecule has 1 amide bonds. The van der Waals surface area contributed by atoms with Crippen molar-refractivity contribution < 1.29 is 14.3 Å². The fourth-order valence-corrected chi connectivity index (χ4v) is 2.07. The van der Waals surface area contributed by atoms with Crippen LogP contribution in [-0.2, 0) is 4.79 Å². The number of nitrogens with one attached hydrogen (secondary N) is 1. The Hall–Kier alpha value is -2.62. The average Bonchev–Trinajstić information content (AvgIpc) is 2.59. The summed E-state index contributed by atoms with van der Waals surface area (Å²) in [5.41, 5.74) is 1.34. The van der Waals surface area contributed by atoms with Crippen molar-refractivity contribution in [3.05, 3.63) is 60.2 Å². The van der Waals surface area contributed by atoms with Crippen molar-refractivity contribution in [2.24, 2.45) is 0 Å². The molecule has 0 saturated carbocycles. The molecule has 2 aromatic rings. The minimum atomic E-state index is -0.160. The van der Waals surface area contributed by atoms with E-state index in [4.69, 9.17) is 4.74 Å². The van der Waals surface area contributed by atoms with Crippen LogP contribution in [-0.4, -0.2) is 18.3 Å². The van der Waals surface area contributed by atoms with Gasteiger partial charge in [-0.15, -0.1) is 0 Å². The molecule has 0 aliphatic heterocycles. The number of Topliss-reactive ketones (excluding diaryl/α,β-unsaturated/α-hetero) is 1. The number of benzene rings is 2. The Morgan fingerprint density at radius 2 is 1.65 bits per heavy atom. The molecule has 0 atom stereocenters. The molecule has 0 fully saturated rings. The molecule has 0 aliphatic rings. The van der Waals surface area contributed by atoms with Crippen LogP contribution in [0.2, 0.25) is 0 Å². The van der Waals surface area contributed by atoms with E-state index >= 15 is 0 Å². The molecule has 0 aliphatic carbocycles. The smallest absolute Gasteiger partial charge is 0.224 e. The third kappa shape index (κ3) is 5.58. The molecule has 0 radical (unpaired) electrons. The highest BCUT2D eigenvalue weighted by atomic mass is 16.5. The Morgan fingerprint density at radius 1 is 0.957 bits per heavy atom. The van der Waals surface area contributed by atoms with Gasteiger partial charge in [-0.2, -0.15) is 0 Å². The van der Waals surface area contributed by atoms with Crippen molar-refractivity contribution in [2.45, 2.75) is 26.2 Å². The summed E-state index contributed by atoms with van der Waals surface area (Å²) in [6.45, 7) is 2.70. The van der Waals surface area contributed by atoms with E-state index in [2.05, 4.69) is 5.32 Å². The fraction of sp³-hybridized carbons (Fsp3) is 0.263. The molecule has 0 bridgehead atoms. The number of carbonyl (C=O) groups is 2. The van der Waals surface area contributed by atoms with Gasteiger partial charge in [0.2, 0.25) is 5.91 Å². The zero-order valence-electron chi connectivity index (χ0n) is 13.2. The third-order valence-corrected chi connectivity index (χ3v) is 3.29. The molecule has 120 valence electrons. The zero-order valence-corrected chi connectivity index (χ0v) is 13.2. The van der Waals surface area contributed by atoms with Crippen molar-refractivity contribution in [1.29, 1.82) is 0 Å². The Morgan fingerprint density at radius 3 is 2.30 bits per heavy atom. The first-order chi connectivity index (χ1) is 11.2. The highest BCUT2D eigenvalue weighted by Gasteiger charge is 2.09. The molecular weight excluding hydrogens is 290 g/mol. The van der Waals surface area contributed by atoms with E-state index in [0.717, 1.165) is 17.9 Å². The summed E-state index contributed by atoms with van der Waals surface area (Å²) in [7, 11) is 0. The molecule has 0 spiro atoms. The highest BCUT2D eigenvalue weighted by Crippen LogP contribution is 2.14. The molecule has 0 heterocycles. The molecule has 0 saturated heterocycles. The number of ketones is 1. The summed E-state index contributed by atoms with van der Waals surface area (Å²) in [5.74, 6) is 0.549. The largest absolute Gasteiger partial charge is 0.494 e. The van der Waals surface area contributed by atoms with Gasteiger partial charge in [0, 0.05) is 24.1 Å². The first-order valence-corrected chi connectivity index (χ1v) is 7.80. The molecule has 4 nitrogen and oxygen atoms in total. The second kappa shape index (κ2) is 8.73. The van der Waals surface area contributed by atoms with Crippen molar-refractivity contribution >= 4 is 17.4 Å². The molecule has 0 unspecified atom stereocenters. The number of ether oxygens (including phenoxy) is 1. The highest BCUT2D eigenvalue weighted by molar-refractivity contribution is 6.00. The lowest BCUT2D eigenvalue weighted by atomic mass is 10.1. The van der Waals surface area contributed by atoms with E-state index in [1.54, 1.807) is 24.3 Å². The molecule has 1 N–H and O–H groups in total. The van der Waals surface area contributed by atoms with Gasteiger partial charge >= 0.3 is 0 Å². The second-order valence-corrected chi connectivity index (χ2v) is 5.21. The predicted molar refractivity (Wildman–Crippen MR) is 90.9 cm³/mol. The van der Waals surface area contributed by atoms with Crippen molar-refractivity contribution in [3.63, 3.8) is 0 Å². The van der Waals surface area contributed by atoms with Crippen LogP contribution in [0, 0.1) is 0 Å². The Labute approximate surface area is 136 Å². The van der Waals surface area contributed by atoms with Gasteiger partial charge in [0.15, 0.2) is 5.78 Å². The van der Waals surface area contributed by atoms with Gasteiger partial charge in [-0.1, -0.05) is 25.1 Å². The fourth-order valence-electron chi connectivity index (χ4n) is 2.07. The summed E-state index contributed by atoms with van der Waals surface area (Å²) in [6.07, 6.45) is 1.30. The molecule has 2 rings (SSSR count). The van der Waals surface area contributed by atoms with Gasteiger partial charge in [0.25, 0.3) is 0 Å².